The van der Waals surface area contributed by atoms with Crippen LogP contribution < -0.4 is 5.32 Å². The highest BCUT2D eigenvalue weighted by atomic mass is 16.5. The lowest BCUT2D eigenvalue weighted by Gasteiger charge is -2.26. The monoisotopic (exact) mass is 242 g/mol. The van der Waals surface area contributed by atoms with Crippen LogP contribution in [0.15, 0.2) is 0 Å². The minimum absolute atomic E-state index is 0.0963. The minimum Gasteiger partial charge on any atom is -0.377 e. The standard InChI is InChI=1S/C13H26N2O2/c1-6-11-14-13(5,7-2)12(16)15(11)9-10(4)17-8-3/h10-11,14H,6-9H2,1-5H3. The van der Waals surface area contributed by atoms with Crippen molar-refractivity contribution in [2.24, 2.45) is 0 Å². The first-order valence-corrected chi connectivity index (χ1v) is 6.68. The summed E-state index contributed by atoms with van der Waals surface area (Å²) >= 11 is 0. The van der Waals surface area contributed by atoms with Gasteiger partial charge in [0.05, 0.1) is 17.8 Å². The molecule has 1 fully saturated rings. The van der Waals surface area contributed by atoms with Crippen molar-refractivity contribution in [3.05, 3.63) is 0 Å². The van der Waals surface area contributed by atoms with Gasteiger partial charge in [0.1, 0.15) is 0 Å². The summed E-state index contributed by atoms with van der Waals surface area (Å²) in [4.78, 5) is 14.3. The van der Waals surface area contributed by atoms with Gasteiger partial charge in [-0.25, -0.2) is 0 Å². The molecule has 0 aliphatic carbocycles. The van der Waals surface area contributed by atoms with E-state index in [0.29, 0.717) is 13.2 Å². The maximum atomic E-state index is 12.4. The van der Waals surface area contributed by atoms with Crippen LogP contribution in [0.2, 0.25) is 0 Å². The van der Waals surface area contributed by atoms with E-state index in [1.165, 1.54) is 0 Å². The van der Waals surface area contributed by atoms with Crippen LogP contribution in [-0.2, 0) is 9.53 Å². The van der Waals surface area contributed by atoms with Gasteiger partial charge in [-0.3, -0.25) is 10.1 Å². The van der Waals surface area contributed by atoms with Crippen molar-refractivity contribution >= 4 is 5.91 Å². The Morgan fingerprint density at radius 1 is 1.47 bits per heavy atom. The Bertz CT molecular complexity index is 270. The normalized spacial score (nSPS) is 31.0. The second-order valence-corrected chi connectivity index (χ2v) is 4.98. The molecule has 0 aromatic heterocycles. The van der Waals surface area contributed by atoms with Gasteiger partial charge < -0.3 is 9.64 Å². The summed E-state index contributed by atoms with van der Waals surface area (Å²) in [7, 11) is 0. The molecule has 3 unspecified atom stereocenters. The summed E-state index contributed by atoms with van der Waals surface area (Å²) in [5, 5.41) is 3.43. The molecule has 0 bridgehead atoms. The molecule has 1 aliphatic rings. The van der Waals surface area contributed by atoms with Gasteiger partial charge in [0, 0.05) is 13.2 Å². The van der Waals surface area contributed by atoms with E-state index in [1.807, 2.05) is 32.6 Å². The van der Waals surface area contributed by atoms with Gasteiger partial charge in [-0.05, 0) is 33.6 Å². The fraction of sp³-hybridized carbons (Fsp3) is 0.923. The lowest BCUT2D eigenvalue weighted by molar-refractivity contribution is -0.134. The molecule has 0 spiro atoms. The van der Waals surface area contributed by atoms with Crippen molar-refractivity contribution in [2.45, 2.75) is 65.3 Å². The van der Waals surface area contributed by atoms with Crippen molar-refractivity contribution < 1.29 is 9.53 Å². The summed E-state index contributed by atoms with van der Waals surface area (Å²) in [5.41, 5.74) is -0.396. The molecule has 3 atom stereocenters. The Hall–Kier alpha value is -0.610. The number of nitrogens with zero attached hydrogens (tertiary/aromatic N) is 1. The van der Waals surface area contributed by atoms with E-state index in [4.69, 9.17) is 4.74 Å². The lowest BCUT2D eigenvalue weighted by atomic mass is 9.99. The first-order chi connectivity index (χ1) is 7.98. The Morgan fingerprint density at radius 2 is 2.12 bits per heavy atom. The average Bonchev–Trinajstić information content (AvgIpc) is 2.55. The van der Waals surface area contributed by atoms with Crippen LogP contribution in [0.4, 0.5) is 0 Å². The van der Waals surface area contributed by atoms with E-state index in [9.17, 15) is 4.79 Å². The molecule has 4 nitrogen and oxygen atoms in total. The maximum Gasteiger partial charge on any atom is 0.243 e. The van der Waals surface area contributed by atoms with Crippen LogP contribution in [0.25, 0.3) is 0 Å². The summed E-state index contributed by atoms with van der Waals surface area (Å²) in [6.07, 6.45) is 2.00. The van der Waals surface area contributed by atoms with Crippen molar-refractivity contribution in [3.8, 4) is 0 Å². The van der Waals surface area contributed by atoms with Crippen LogP contribution in [0.1, 0.15) is 47.5 Å². The summed E-state index contributed by atoms with van der Waals surface area (Å²) in [5.74, 6) is 0.207. The molecule has 4 heteroatoms. The van der Waals surface area contributed by atoms with E-state index in [2.05, 4.69) is 12.2 Å². The summed E-state index contributed by atoms with van der Waals surface area (Å²) in [6.45, 7) is 11.5. The molecule has 17 heavy (non-hydrogen) atoms. The van der Waals surface area contributed by atoms with Gasteiger partial charge in [-0.15, -0.1) is 0 Å². The third-order valence-corrected chi connectivity index (χ3v) is 3.59. The topological polar surface area (TPSA) is 41.6 Å². The highest BCUT2D eigenvalue weighted by Gasteiger charge is 2.46. The van der Waals surface area contributed by atoms with Gasteiger partial charge in [0.2, 0.25) is 5.91 Å². The third-order valence-electron chi connectivity index (χ3n) is 3.59. The zero-order valence-electron chi connectivity index (χ0n) is 11.7. The average molecular weight is 242 g/mol. The molecular formula is C13H26N2O2. The number of ether oxygens (including phenoxy) is 1. The number of hydrogen-bond acceptors (Lipinski definition) is 3. The van der Waals surface area contributed by atoms with Crippen molar-refractivity contribution in [2.75, 3.05) is 13.2 Å². The van der Waals surface area contributed by atoms with Crippen LogP contribution >= 0.6 is 0 Å². The van der Waals surface area contributed by atoms with E-state index in [1.54, 1.807) is 0 Å². The zero-order valence-corrected chi connectivity index (χ0v) is 11.7. The largest absolute Gasteiger partial charge is 0.377 e. The molecule has 1 saturated heterocycles. The van der Waals surface area contributed by atoms with Crippen molar-refractivity contribution in [1.82, 2.24) is 10.2 Å². The molecule has 1 aliphatic heterocycles. The van der Waals surface area contributed by atoms with Gasteiger partial charge >= 0.3 is 0 Å². The Labute approximate surface area is 105 Å². The molecular weight excluding hydrogens is 216 g/mol. The molecule has 0 aromatic carbocycles. The molecule has 1 N–H and O–H groups in total. The van der Waals surface area contributed by atoms with E-state index >= 15 is 0 Å². The van der Waals surface area contributed by atoms with Crippen LogP contribution in [0, 0.1) is 0 Å². The van der Waals surface area contributed by atoms with E-state index in [-0.39, 0.29) is 18.2 Å². The first kappa shape index (κ1) is 14.5. The highest BCUT2D eigenvalue weighted by molar-refractivity contribution is 5.88. The molecule has 1 heterocycles. The molecule has 0 saturated carbocycles. The number of rotatable bonds is 6. The number of carbonyl (C=O) groups is 1. The Balaban J connectivity index is 2.72. The lowest BCUT2D eigenvalue weighted by Crippen LogP contribution is -2.43. The molecule has 0 aromatic rings. The van der Waals surface area contributed by atoms with Crippen molar-refractivity contribution in [1.29, 1.82) is 0 Å². The summed E-state index contributed by atoms with van der Waals surface area (Å²) < 4.78 is 5.53. The van der Waals surface area contributed by atoms with Gasteiger partial charge in [0.15, 0.2) is 0 Å². The highest BCUT2D eigenvalue weighted by Crippen LogP contribution is 2.25. The second-order valence-electron chi connectivity index (χ2n) is 4.98. The SMILES string of the molecule is CCOC(C)CN1C(=O)C(C)(CC)NC1CC. The first-order valence-electron chi connectivity index (χ1n) is 6.68. The maximum absolute atomic E-state index is 12.4. The zero-order chi connectivity index (χ0) is 13.1. The minimum atomic E-state index is -0.396. The predicted molar refractivity (Wildman–Crippen MR) is 68.7 cm³/mol. The fourth-order valence-corrected chi connectivity index (χ4v) is 2.37. The molecule has 0 radical (unpaired) electrons. The van der Waals surface area contributed by atoms with Crippen LogP contribution in [0.5, 0.6) is 0 Å². The van der Waals surface area contributed by atoms with E-state index in [0.717, 1.165) is 12.8 Å². The number of carbonyl (C=O) groups excluding carboxylic acids is 1. The fourth-order valence-electron chi connectivity index (χ4n) is 2.37. The molecule has 100 valence electrons. The van der Waals surface area contributed by atoms with Gasteiger partial charge in [-0.1, -0.05) is 13.8 Å². The molecule has 1 amide bonds. The van der Waals surface area contributed by atoms with Crippen molar-refractivity contribution in [3.63, 3.8) is 0 Å². The van der Waals surface area contributed by atoms with Gasteiger partial charge in [-0.2, -0.15) is 0 Å². The van der Waals surface area contributed by atoms with Gasteiger partial charge in [0.25, 0.3) is 0 Å². The number of hydrogen-bond donors (Lipinski definition) is 1. The Morgan fingerprint density at radius 3 is 2.59 bits per heavy atom. The Kier molecular flexibility index (Phi) is 4.95. The number of amides is 1. The van der Waals surface area contributed by atoms with Crippen LogP contribution in [0.3, 0.4) is 0 Å². The van der Waals surface area contributed by atoms with Crippen LogP contribution in [-0.4, -0.2) is 41.8 Å². The number of nitrogens with one attached hydrogen (secondary N) is 1. The van der Waals surface area contributed by atoms with E-state index < -0.39 is 5.54 Å². The predicted octanol–water partition coefficient (Wildman–Crippen LogP) is 1.75. The molecule has 1 rings (SSSR count). The smallest absolute Gasteiger partial charge is 0.243 e. The quantitative estimate of drug-likeness (QED) is 0.771. The third kappa shape index (κ3) is 2.99. The second kappa shape index (κ2) is 5.83. The summed E-state index contributed by atoms with van der Waals surface area (Å²) in [6, 6.07) is 0.